The molecule has 102 valence electrons. The molecule has 0 saturated heterocycles. The van der Waals surface area contributed by atoms with Crippen LogP contribution in [-0.4, -0.2) is 35.9 Å². The quantitative estimate of drug-likeness (QED) is 0.667. The molecule has 0 aromatic carbocycles. The van der Waals surface area contributed by atoms with E-state index < -0.39 is 12.8 Å². The van der Waals surface area contributed by atoms with Crippen LogP contribution in [0.4, 0.5) is 19.0 Å². The summed E-state index contributed by atoms with van der Waals surface area (Å²) in [5.74, 6) is 0.993. The van der Waals surface area contributed by atoms with Crippen molar-refractivity contribution in [3.05, 3.63) is 16.5 Å². The minimum Gasteiger partial charge on any atom is -0.370 e. The van der Waals surface area contributed by atoms with Crippen LogP contribution in [0.5, 0.6) is 0 Å². The van der Waals surface area contributed by atoms with E-state index in [-0.39, 0.29) is 13.2 Å². The summed E-state index contributed by atoms with van der Waals surface area (Å²) in [7, 11) is 0. The predicted molar refractivity (Wildman–Crippen MR) is 61.9 cm³/mol. The second kappa shape index (κ2) is 6.19. The van der Waals surface area contributed by atoms with Crippen LogP contribution < -0.4 is 5.32 Å². The molecule has 1 heterocycles. The van der Waals surface area contributed by atoms with Crippen molar-refractivity contribution in [2.24, 2.45) is 0 Å². The van der Waals surface area contributed by atoms with Gasteiger partial charge in [0.15, 0.2) is 0 Å². The maximum Gasteiger partial charge on any atom is 0.411 e. The topological polar surface area (TPSA) is 47.0 Å². The standard InChI is InChI=1S/C10H13ClF3N3O/c1-6-8(11)16-7(2)17-9(6)15-3-4-18-5-10(12,13)14/h3-5H2,1-2H3,(H,15,16,17). The van der Waals surface area contributed by atoms with Gasteiger partial charge in [0.1, 0.15) is 23.4 Å². The Morgan fingerprint density at radius 1 is 1.28 bits per heavy atom. The lowest BCUT2D eigenvalue weighted by molar-refractivity contribution is -0.172. The third-order valence-corrected chi connectivity index (χ3v) is 2.37. The molecule has 1 aromatic heterocycles. The van der Waals surface area contributed by atoms with E-state index in [0.717, 1.165) is 0 Å². The Kier molecular flexibility index (Phi) is 5.15. The fraction of sp³-hybridized carbons (Fsp3) is 0.600. The van der Waals surface area contributed by atoms with Gasteiger partial charge in [-0.1, -0.05) is 11.6 Å². The number of hydrogen-bond donors (Lipinski definition) is 1. The zero-order valence-electron chi connectivity index (χ0n) is 9.94. The summed E-state index contributed by atoms with van der Waals surface area (Å²) in [6.07, 6.45) is -4.30. The maximum absolute atomic E-state index is 11.8. The first-order valence-corrected chi connectivity index (χ1v) is 5.56. The molecule has 0 aliphatic rings. The van der Waals surface area contributed by atoms with Crippen LogP contribution in [0.1, 0.15) is 11.4 Å². The van der Waals surface area contributed by atoms with Crippen molar-refractivity contribution < 1.29 is 17.9 Å². The number of nitrogens with one attached hydrogen (secondary N) is 1. The molecule has 1 N–H and O–H groups in total. The molecule has 0 atom stereocenters. The number of rotatable bonds is 5. The van der Waals surface area contributed by atoms with E-state index in [1.54, 1.807) is 13.8 Å². The fourth-order valence-corrected chi connectivity index (χ4v) is 1.41. The number of alkyl halides is 3. The summed E-state index contributed by atoms with van der Waals surface area (Å²) in [6.45, 7) is 2.29. The van der Waals surface area contributed by atoms with Gasteiger partial charge in [0.25, 0.3) is 0 Å². The maximum atomic E-state index is 11.8. The Hall–Kier alpha value is -1.08. The van der Waals surface area contributed by atoms with Gasteiger partial charge >= 0.3 is 6.18 Å². The Morgan fingerprint density at radius 3 is 2.56 bits per heavy atom. The first-order valence-electron chi connectivity index (χ1n) is 5.18. The molecule has 1 aromatic rings. The van der Waals surface area contributed by atoms with E-state index in [1.165, 1.54) is 0 Å². The minimum absolute atomic E-state index is 0.0698. The summed E-state index contributed by atoms with van der Waals surface area (Å²) in [6, 6.07) is 0. The third-order valence-electron chi connectivity index (χ3n) is 2.00. The van der Waals surface area contributed by atoms with E-state index in [0.29, 0.717) is 22.4 Å². The monoisotopic (exact) mass is 283 g/mol. The molecular formula is C10H13ClF3N3O. The smallest absolute Gasteiger partial charge is 0.370 e. The molecule has 0 saturated carbocycles. The van der Waals surface area contributed by atoms with Gasteiger partial charge in [-0.25, -0.2) is 9.97 Å². The van der Waals surface area contributed by atoms with Crippen LogP contribution >= 0.6 is 11.6 Å². The van der Waals surface area contributed by atoms with Gasteiger partial charge in [-0.05, 0) is 13.8 Å². The number of anilines is 1. The molecule has 4 nitrogen and oxygen atoms in total. The number of ether oxygens (including phenoxy) is 1. The van der Waals surface area contributed by atoms with Crippen LogP contribution in [0.2, 0.25) is 5.15 Å². The van der Waals surface area contributed by atoms with Crippen molar-refractivity contribution in [2.45, 2.75) is 20.0 Å². The molecule has 0 bridgehead atoms. The highest BCUT2D eigenvalue weighted by Gasteiger charge is 2.27. The summed E-state index contributed by atoms with van der Waals surface area (Å²) in [5, 5.41) is 3.17. The number of nitrogens with zero attached hydrogens (tertiary/aromatic N) is 2. The molecule has 0 radical (unpaired) electrons. The van der Waals surface area contributed by atoms with Gasteiger partial charge in [-0.2, -0.15) is 13.2 Å². The van der Waals surface area contributed by atoms with Crippen LogP contribution in [0.25, 0.3) is 0 Å². The molecule has 18 heavy (non-hydrogen) atoms. The summed E-state index contributed by atoms with van der Waals surface area (Å²) in [4.78, 5) is 8.04. The molecule has 0 spiro atoms. The largest absolute Gasteiger partial charge is 0.411 e. The predicted octanol–water partition coefficient (Wildman–Crippen LogP) is 2.74. The van der Waals surface area contributed by atoms with Gasteiger partial charge in [-0.15, -0.1) is 0 Å². The molecule has 0 unspecified atom stereocenters. The van der Waals surface area contributed by atoms with Crippen molar-refractivity contribution in [1.82, 2.24) is 9.97 Å². The van der Waals surface area contributed by atoms with Crippen molar-refractivity contribution >= 4 is 17.4 Å². The van der Waals surface area contributed by atoms with Crippen LogP contribution in [0, 0.1) is 13.8 Å². The Bertz CT molecular complexity index is 412. The van der Waals surface area contributed by atoms with E-state index in [2.05, 4.69) is 20.0 Å². The lowest BCUT2D eigenvalue weighted by Gasteiger charge is -2.11. The Labute approximate surface area is 108 Å². The van der Waals surface area contributed by atoms with Gasteiger partial charge in [0, 0.05) is 12.1 Å². The van der Waals surface area contributed by atoms with E-state index >= 15 is 0 Å². The second-order valence-corrected chi connectivity index (χ2v) is 3.99. The van der Waals surface area contributed by atoms with Gasteiger partial charge in [0.05, 0.1) is 6.61 Å². The highest BCUT2D eigenvalue weighted by Crippen LogP contribution is 2.19. The van der Waals surface area contributed by atoms with Gasteiger partial charge in [0.2, 0.25) is 0 Å². The van der Waals surface area contributed by atoms with Crippen molar-refractivity contribution in [3.8, 4) is 0 Å². The summed E-state index contributed by atoms with van der Waals surface area (Å²) >= 11 is 5.85. The molecule has 0 amide bonds. The lowest BCUT2D eigenvalue weighted by Crippen LogP contribution is -2.20. The van der Waals surface area contributed by atoms with E-state index in [9.17, 15) is 13.2 Å². The molecule has 0 aliphatic carbocycles. The SMILES string of the molecule is Cc1nc(Cl)c(C)c(NCCOCC(F)(F)F)n1. The highest BCUT2D eigenvalue weighted by molar-refractivity contribution is 6.30. The summed E-state index contributed by atoms with van der Waals surface area (Å²) in [5.41, 5.74) is 0.651. The normalized spacial score (nSPS) is 11.7. The van der Waals surface area contributed by atoms with E-state index in [1.807, 2.05) is 0 Å². The third kappa shape index (κ3) is 5.05. The van der Waals surface area contributed by atoms with Gasteiger partial charge < -0.3 is 10.1 Å². The summed E-state index contributed by atoms with van der Waals surface area (Å²) < 4.78 is 39.8. The number of hydrogen-bond acceptors (Lipinski definition) is 4. The Balaban J connectivity index is 2.40. The molecular weight excluding hydrogens is 271 g/mol. The fourth-order valence-electron chi connectivity index (χ4n) is 1.20. The first kappa shape index (κ1) is 15.0. The average Bonchev–Trinajstić information content (AvgIpc) is 2.22. The molecule has 0 fully saturated rings. The van der Waals surface area contributed by atoms with Crippen LogP contribution in [0.15, 0.2) is 0 Å². The number of halogens is 4. The number of aromatic nitrogens is 2. The molecule has 8 heteroatoms. The Morgan fingerprint density at radius 2 is 1.94 bits per heavy atom. The van der Waals surface area contributed by atoms with Crippen LogP contribution in [0.3, 0.4) is 0 Å². The van der Waals surface area contributed by atoms with E-state index in [4.69, 9.17) is 11.6 Å². The van der Waals surface area contributed by atoms with Gasteiger partial charge in [-0.3, -0.25) is 0 Å². The molecule has 0 aliphatic heterocycles. The van der Waals surface area contributed by atoms with Crippen LogP contribution in [-0.2, 0) is 4.74 Å². The number of aryl methyl sites for hydroxylation is 1. The molecule has 1 rings (SSSR count). The zero-order chi connectivity index (χ0) is 13.8. The van der Waals surface area contributed by atoms with Crippen molar-refractivity contribution in [2.75, 3.05) is 25.1 Å². The van der Waals surface area contributed by atoms with Crippen molar-refractivity contribution in [3.63, 3.8) is 0 Å². The zero-order valence-corrected chi connectivity index (χ0v) is 10.7. The average molecular weight is 284 g/mol. The second-order valence-electron chi connectivity index (χ2n) is 3.63. The first-order chi connectivity index (χ1) is 8.29. The lowest BCUT2D eigenvalue weighted by atomic mass is 10.3. The minimum atomic E-state index is -4.30. The van der Waals surface area contributed by atoms with Crippen molar-refractivity contribution in [1.29, 1.82) is 0 Å². The highest BCUT2D eigenvalue weighted by atomic mass is 35.5.